The number of β-amino-alcohol motifs (C(OH)–C–C–N with tert-alkyl or cyclic N) is 1. The van der Waals surface area contributed by atoms with E-state index in [4.69, 9.17) is 0 Å². The second-order valence-corrected chi connectivity index (χ2v) is 8.61. The topological polar surface area (TPSA) is 57.6 Å². The van der Waals surface area contributed by atoms with E-state index in [0.717, 1.165) is 12.8 Å². The van der Waals surface area contributed by atoms with Crippen molar-refractivity contribution >= 4 is 37.3 Å². The highest BCUT2D eigenvalue weighted by Gasteiger charge is 2.55. The lowest BCUT2D eigenvalue weighted by Gasteiger charge is -2.45. The van der Waals surface area contributed by atoms with Crippen molar-refractivity contribution in [2.24, 2.45) is 5.92 Å². The molecule has 0 radical (unpaired) electrons. The van der Waals surface area contributed by atoms with E-state index in [2.05, 4.69) is 15.9 Å². The summed E-state index contributed by atoms with van der Waals surface area (Å²) in [5.74, 6) is 0.306. The monoisotopic (exact) mass is 337 g/mol. The summed E-state index contributed by atoms with van der Waals surface area (Å²) in [5.41, 5.74) is -0.767. The van der Waals surface area contributed by atoms with E-state index in [9.17, 15) is 13.5 Å². The summed E-state index contributed by atoms with van der Waals surface area (Å²) in [6.45, 7) is 0.481. The third-order valence-corrected chi connectivity index (χ3v) is 7.84. The van der Waals surface area contributed by atoms with E-state index in [-0.39, 0.29) is 13.1 Å². The van der Waals surface area contributed by atoms with Crippen LogP contribution in [0.4, 0.5) is 0 Å². The van der Waals surface area contributed by atoms with Gasteiger partial charge in [0.15, 0.2) is 0 Å². The lowest BCUT2D eigenvalue weighted by molar-refractivity contribution is -0.0764. The SMILES string of the molecule is O=S(=O)(c1sccc1Br)N1CC(O)(C2CC2)C1. The van der Waals surface area contributed by atoms with Crippen LogP contribution in [0.25, 0.3) is 0 Å². The minimum atomic E-state index is -3.42. The summed E-state index contributed by atoms with van der Waals surface area (Å²) in [7, 11) is -3.42. The van der Waals surface area contributed by atoms with Gasteiger partial charge in [0.25, 0.3) is 10.0 Å². The van der Waals surface area contributed by atoms with Gasteiger partial charge < -0.3 is 5.11 Å². The van der Waals surface area contributed by atoms with Gasteiger partial charge in [0.1, 0.15) is 4.21 Å². The Balaban J connectivity index is 1.80. The molecule has 1 aromatic heterocycles. The van der Waals surface area contributed by atoms with Crippen molar-refractivity contribution in [1.29, 1.82) is 0 Å². The van der Waals surface area contributed by atoms with Crippen LogP contribution in [0.15, 0.2) is 20.1 Å². The van der Waals surface area contributed by atoms with Crippen LogP contribution in [0.2, 0.25) is 0 Å². The highest BCUT2D eigenvalue weighted by Crippen LogP contribution is 2.46. The Kier molecular flexibility index (Phi) is 2.68. The minimum absolute atomic E-state index is 0.240. The van der Waals surface area contributed by atoms with Gasteiger partial charge in [-0.3, -0.25) is 0 Å². The van der Waals surface area contributed by atoms with Crippen molar-refractivity contribution in [2.75, 3.05) is 13.1 Å². The zero-order chi connectivity index (χ0) is 12.3. The molecule has 94 valence electrons. The van der Waals surface area contributed by atoms with Gasteiger partial charge in [-0.2, -0.15) is 4.31 Å². The normalized spacial score (nSPS) is 24.6. The van der Waals surface area contributed by atoms with Crippen LogP contribution in [0.1, 0.15) is 12.8 Å². The molecule has 1 saturated carbocycles. The summed E-state index contributed by atoms with van der Waals surface area (Å²) >= 11 is 4.44. The number of rotatable bonds is 3. The Morgan fingerprint density at radius 3 is 2.59 bits per heavy atom. The highest BCUT2D eigenvalue weighted by molar-refractivity contribution is 9.10. The maximum atomic E-state index is 12.2. The van der Waals surface area contributed by atoms with Crippen molar-refractivity contribution in [2.45, 2.75) is 22.7 Å². The maximum Gasteiger partial charge on any atom is 0.253 e. The van der Waals surface area contributed by atoms with Crippen LogP contribution in [-0.2, 0) is 10.0 Å². The molecule has 1 aliphatic heterocycles. The average molecular weight is 338 g/mol. The lowest BCUT2D eigenvalue weighted by Crippen LogP contribution is -2.64. The van der Waals surface area contributed by atoms with E-state index in [1.165, 1.54) is 15.6 Å². The van der Waals surface area contributed by atoms with Crippen molar-refractivity contribution in [1.82, 2.24) is 4.31 Å². The minimum Gasteiger partial charge on any atom is -0.387 e. The number of sulfonamides is 1. The van der Waals surface area contributed by atoms with Gasteiger partial charge >= 0.3 is 0 Å². The first-order valence-corrected chi connectivity index (χ1v) is 8.50. The summed E-state index contributed by atoms with van der Waals surface area (Å²) in [6.07, 6.45) is 2.04. The largest absolute Gasteiger partial charge is 0.387 e. The van der Waals surface area contributed by atoms with Crippen molar-refractivity contribution in [3.63, 3.8) is 0 Å². The molecule has 0 unspecified atom stereocenters. The van der Waals surface area contributed by atoms with Crippen LogP contribution in [-0.4, -0.2) is 36.5 Å². The molecule has 0 bridgehead atoms. The van der Waals surface area contributed by atoms with E-state index in [1.807, 2.05) is 0 Å². The van der Waals surface area contributed by atoms with E-state index in [0.29, 0.717) is 14.6 Å². The third kappa shape index (κ3) is 1.88. The molecule has 2 aliphatic rings. The van der Waals surface area contributed by atoms with Gasteiger partial charge in [0.05, 0.1) is 5.60 Å². The second-order valence-electron chi connectivity index (χ2n) is 4.71. The van der Waals surface area contributed by atoms with E-state index < -0.39 is 15.6 Å². The van der Waals surface area contributed by atoms with Gasteiger partial charge in [-0.25, -0.2) is 8.42 Å². The predicted octanol–water partition coefficient (Wildman–Crippen LogP) is 1.66. The Hall–Kier alpha value is 0.0500. The molecule has 1 saturated heterocycles. The molecule has 0 spiro atoms. The molecule has 7 heteroatoms. The quantitative estimate of drug-likeness (QED) is 0.912. The Bertz CT molecular complexity index is 544. The summed E-state index contributed by atoms with van der Waals surface area (Å²) < 4.78 is 26.7. The van der Waals surface area contributed by atoms with Crippen molar-refractivity contribution in [3.8, 4) is 0 Å². The van der Waals surface area contributed by atoms with Crippen LogP contribution >= 0.6 is 27.3 Å². The van der Waals surface area contributed by atoms with Gasteiger partial charge in [-0.15, -0.1) is 11.3 Å². The Morgan fingerprint density at radius 2 is 2.12 bits per heavy atom. The first-order valence-electron chi connectivity index (χ1n) is 5.39. The first kappa shape index (κ1) is 12.1. The van der Waals surface area contributed by atoms with Gasteiger partial charge in [0.2, 0.25) is 0 Å². The molecule has 0 aromatic carbocycles. The van der Waals surface area contributed by atoms with E-state index in [1.54, 1.807) is 11.4 Å². The first-order chi connectivity index (χ1) is 7.93. The third-order valence-electron chi connectivity index (χ3n) is 3.40. The van der Waals surface area contributed by atoms with E-state index >= 15 is 0 Å². The van der Waals surface area contributed by atoms with Crippen molar-refractivity contribution in [3.05, 3.63) is 15.9 Å². The molecule has 0 amide bonds. The molecule has 17 heavy (non-hydrogen) atoms. The van der Waals surface area contributed by atoms with Gasteiger partial charge in [-0.1, -0.05) is 0 Å². The second kappa shape index (κ2) is 3.77. The zero-order valence-corrected chi connectivity index (χ0v) is 12.2. The van der Waals surface area contributed by atoms with Crippen LogP contribution in [0.3, 0.4) is 0 Å². The summed E-state index contributed by atoms with van der Waals surface area (Å²) in [4.78, 5) is 0. The zero-order valence-electron chi connectivity index (χ0n) is 8.97. The molecule has 1 N–H and O–H groups in total. The predicted molar refractivity (Wildman–Crippen MR) is 68.5 cm³/mol. The standard InChI is InChI=1S/C10H12BrNO3S2/c11-8-3-4-16-9(8)17(14,15)12-5-10(13,6-12)7-1-2-7/h3-4,7,13H,1-2,5-6H2. The molecular formula is C10H12BrNO3S2. The summed E-state index contributed by atoms with van der Waals surface area (Å²) in [5, 5.41) is 11.9. The molecule has 0 atom stereocenters. The van der Waals surface area contributed by atoms with Crippen molar-refractivity contribution < 1.29 is 13.5 Å². The number of thiophene rings is 1. The summed E-state index contributed by atoms with van der Waals surface area (Å²) in [6, 6.07) is 1.73. The molecule has 4 nitrogen and oxygen atoms in total. The average Bonchev–Trinajstić information content (AvgIpc) is 2.97. The number of nitrogens with zero attached hydrogens (tertiary/aromatic N) is 1. The van der Waals surface area contributed by atoms with Crippen LogP contribution in [0, 0.1) is 5.92 Å². The number of halogens is 1. The molecular weight excluding hydrogens is 326 g/mol. The number of hydrogen-bond donors (Lipinski definition) is 1. The van der Waals surface area contributed by atoms with Crippen LogP contribution in [0.5, 0.6) is 0 Å². The molecule has 1 aromatic rings. The molecule has 3 rings (SSSR count). The fraction of sp³-hybridized carbons (Fsp3) is 0.600. The number of hydrogen-bond acceptors (Lipinski definition) is 4. The van der Waals surface area contributed by atoms with Gasteiger partial charge in [-0.05, 0) is 46.1 Å². The molecule has 2 fully saturated rings. The highest BCUT2D eigenvalue weighted by atomic mass is 79.9. The lowest BCUT2D eigenvalue weighted by atomic mass is 9.91. The van der Waals surface area contributed by atoms with Gasteiger partial charge in [0, 0.05) is 17.6 Å². The van der Waals surface area contributed by atoms with Crippen LogP contribution < -0.4 is 0 Å². The number of aliphatic hydroxyl groups is 1. The smallest absolute Gasteiger partial charge is 0.253 e. The fourth-order valence-corrected chi connectivity index (χ4v) is 6.21. The molecule has 2 heterocycles. The Morgan fingerprint density at radius 1 is 1.47 bits per heavy atom. The Labute approximate surface area is 112 Å². The fourth-order valence-electron chi connectivity index (χ4n) is 2.19. The maximum absolute atomic E-state index is 12.2. The molecule has 1 aliphatic carbocycles.